The summed E-state index contributed by atoms with van der Waals surface area (Å²) in [6.07, 6.45) is 5.05. The molecule has 0 saturated carbocycles. The van der Waals surface area contributed by atoms with E-state index in [4.69, 9.17) is 10.6 Å². The molecule has 1 atom stereocenters. The van der Waals surface area contributed by atoms with E-state index >= 15 is 0 Å². The van der Waals surface area contributed by atoms with E-state index in [1.54, 1.807) is 24.1 Å². The maximum absolute atomic E-state index is 5.55. The van der Waals surface area contributed by atoms with Gasteiger partial charge in [-0.15, -0.1) is 0 Å². The first-order valence-corrected chi connectivity index (χ1v) is 5.05. The highest BCUT2D eigenvalue weighted by Crippen LogP contribution is 2.20. The highest BCUT2D eigenvalue weighted by Gasteiger charge is 2.16. The predicted octanol–water partition coefficient (Wildman–Crippen LogP) is -0.229. The molecule has 0 aliphatic carbocycles. The molecular formula is C10H14N6O. The Balaban J connectivity index is 2.34. The third kappa shape index (κ3) is 2.40. The van der Waals surface area contributed by atoms with Gasteiger partial charge in [0.05, 0.1) is 25.0 Å². The fourth-order valence-corrected chi connectivity index (χ4v) is 1.56. The summed E-state index contributed by atoms with van der Waals surface area (Å²) < 4.78 is 6.76. The largest absolute Gasteiger partial charge is 0.481 e. The number of ether oxygens (including phenoxy) is 1. The van der Waals surface area contributed by atoms with Crippen molar-refractivity contribution in [2.75, 3.05) is 7.11 Å². The molecule has 1 unspecified atom stereocenters. The van der Waals surface area contributed by atoms with Gasteiger partial charge in [0.15, 0.2) is 0 Å². The Bertz CT molecular complexity index is 497. The van der Waals surface area contributed by atoms with E-state index in [0.717, 1.165) is 11.3 Å². The minimum Gasteiger partial charge on any atom is -0.481 e. The molecule has 2 aromatic heterocycles. The highest BCUT2D eigenvalue weighted by molar-refractivity contribution is 5.26. The second kappa shape index (κ2) is 4.89. The van der Waals surface area contributed by atoms with Crippen LogP contribution in [0.1, 0.15) is 17.3 Å². The molecule has 2 heterocycles. The minimum atomic E-state index is -0.236. The van der Waals surface area contributed by atoms with E-state index in [1.807, 2.05) is 13.2 Å². The van der Waals surface area contributed by atoms with Crippen molar-refractivity contribution in [2.24, 2.45) is 12.9 Å². The second-order valence-electron chi connectivity index (χ2n) is 3.53. The van der Waals surface area contributed by atoms with Crippen molar-refractivity contribution in [2.45, 2.75) is 6.04 Å². The van der Waals surface area contributed by atoms with Crippen molar-refractivity contribution in [3.05, 3.63) is 36.0 Å². The van der Waals surface area contributed by atoms with Crippen LogP contribution in [0, 0.1) is 0 Å². The van der Waals surface area contributed by atoms with Gasteiger partial charge in [0.2, 0.25) is 5.88 Å². The van der Waals surface area contributed by atoms with Crippen molar-refractivity contribution in [3.8, 4) is 5.88 Å². The van der Waals surface area contributed by atoms with Crippen LogP contribution >= 0.6 is 0 Å². The summed E-state index contributed by atoms with van der Waals surface area (Å²) >= 11 is 0. The highest BCUT2D eigenvalue weighted by atomic mass is 16.5. The van der Waals surface area contributed by atoms with Crippen LogP contribution in [0.2, 0.25) is 0 Å². The van der Waals surface area contributed by atoms with Crippen molar-refractivity contribution in [1.82, 2.24) is 25.2 Å². The molecule has 0 aliphatic rings. The molecule has 0 bridgehead atoms. The Morgan fingerprint density at radius 3 is 2.88 bits per heavy atom. The smallest absolute Gasteiger partial charge is 0.216 e. The van der Waals surface area contributed by atoms with Crippen LogP contribution in [0.3, 0.4) is 0 Å². The molecule has 0 aromatic carbocycles. The Labute approximate surface area is 98.6 Å². The third-order valence-corrected chi connectivity index (χ3v) is 2.39. The fraction of sp³-hybridized carbons (Fsp3) is 0.300. The number of rotatable bonds is 4. The molecule has 7 heteroatoms. The van der Waals surface area contributed by atoms with Gasteiger partial charge >= 0.3 is 0 Å². The number of methoxy groups -OCH3 is 1. The number of hydrazine groups is 1. The van der Waals surface area contributed by atoms with Crippen LogP contribution in [0.4, 0.5) is 0 Å². The summed E-state index contributed by atoms with van der Waals surface area (Å²) in [5.41, 5.74) is 4.36. The maximum atomic E-state index is 5.55. The van der Waals surface area contributed by atoms with Crippen LogP contribution in [0.5, 0.6) is 5.88 Å². The van der Waals surface area contributed by atoms with Crippen LogP contribution in [0.25, 0.3) is 0 Å². The summed E-state index contributed by atoms with van der Waals surface area (Å²) in [6.45, 7) is 0. The van der Waals surface area contributed by atoms with Gasteiger partial charge < -0.3 is 4.74 Å². The summed E-state index contributed by atoms with van der Waals surface area (Å²) in [7, 11) is 3.40. The van der Waals surface area contributed by atoms with E-state index in [-0.39, 0.29) is 6.04 Å². The van der Waals surface area contributed by atoms with Crippen LogP contribution in [0.15, 0.2) is 24.8 Å². The van der Waals surface area contributed by atoms with E-state index < -0.39 is 0 Å². The SMILES string of the molecule is COc1cc(C(NN)c2cnn(C)c2)ncn1. The van der Waals surface area contributed by atoms with E-state index in [9.17, 15) is 0 Å². The van der Waals surface area contributed by atoms with Crippen molar-refractivity contribution in [1.29, 1.82) is 0 Å². The lowest BCUT2D eigenvalue weighted by atomic mass is 10.1. The average Bonchev–Trinajstić information content (AvgIpc) is 2.77. The van der Waals surface area contributed by atoms with E-state index in [1.165, 1.54) is 6.33 Å². The number of aromatic nitrogens is 4. The Hall–Kier alpha value is -1.99. The van der Waals surface area contributed by atoms with Gasteiger partial charge in [-0.05, 0) is 0 Å². The lowest BCUT2D eigenvalue weighted by Gasteiger charge is -2.13. The molecule has 17 heavy (non-hydrogen) atoms. The van der Waals surface area contributed by atoms with Crippen molar-refractivity contribution in [3.63, 3.8) is 0 Å². The van der Waals surface area contributed by atoms with E-state index in [2.05, 4.69) is 20.5 Å². The monoisotopic (exact) mass is 234 g/mol. The van der Waals surface area contributed by atoms with Crippen molar-refractivity contribution < 1.29 is 4.74 Å². The molecule has 2 aromatic rings. The molecule has 0 saturated heterocycles. The molecule has 0 radical (unpaired) electrons. The Morgan fingerprint density at radius 1 is 1.47 bits per heavy atom. The third-order valence-electron chi connectivity index (χ3n) is 2.39. The lowest BCUT2D eigenvalue weighted by Crippen LogP contribution is -2.29. The zero-order valence-electron chi connectivity index (χ0n) is 9.66. The zero-order chi connectivity index (χ0) is 12.3. The number of hydrogen-bond acceptors (Lipinski definition) is 6. The normalized spacial score (nSPS) is 12.4. The predicted molar refractivity (Wildman–Crippen MR) is 61.0 cm³/mol. The number of nitrogens with zero attached hydrogens (tertiary/aromatic N) is 4. The summed E-state index contributed by atoms with van der Waals surface area (Å²) in [5.74, 6) is 6.05. The standard InChI is InChI=1S/C10H14N6O/c1-16-5-7(4-14-16)10(15-11)8-3-9(17-2)13-6-12-8/h3-6,10,15H,11H2,1-2H3. The average molecular weight is 234 g/mol. The summed E-state index contributed by atoms with van der Waals surface area (Å²) in [5, 5.41) is 4.10. The molecule has 7 nitrogen and oxygen atoms in total. The van der Waals surface area contributed by atoms with E-state index in [0.29, 0.717) is 5.88 Å². The molecule has 0 fully saturated rings. The Kier molecular flexibility index (Phi) is 3.31. The second-order valence-corrected chi connectivity index (χ2v) is 3.53. The first-order valence-electron chi connectivity index (χ1n) is 5.05. The summed E-state index contributed by atoms with van der Waals surface area (Å²) in [6, 6.07) is 1.50. The lowest BCUT2D eigenvalue weighted by molar-refractivity contribution is 0.395. The number of aryl methyl sites for hydroxylation is 1. The van der Waals surface area contributed by atoms with Gasteiger partial charge in [0, 0.05) is 24.9 Å². The molecule has 3 N–H and O–H groups in total. The quantitative estimate of drug-likeness (QED) is 0.561. The molecule has 90 valence electrons. The first kappa shape index (κ1) is 11.5. The molecule has 0 spiro atoms. The topological polar surface area (TPSA) is 90.9 Å². The first-order chi connectivity index (χ1) is 8.24. The molecular weight excluding hydrogens is 220 g/mol. The van der Waals surface area contributed by atoms with Gasteiger partial charge in [-0.1, -0.05) is 0 Å². The van der Waals surface area contributed by atoms with Gasteiger partial charge in [-0.25, -0.2) is 15.4 Å². The molecule has 0 aliphatic heterocycles. The number of nitrogens with two attached hydrogens (primary N) is 1. The zero-order valence-corrected chi connectivity index (χ0v) is 9.66. The number of nitrogens with one attached hydrogen (secondary N) is 1. The van der Waals surface area contributed by atoms with Gasteiger partial charge in [0.1, 0.15) is 6.33 Å². The molecule has 0 amide bonds. The minimum absolute atomic E-state index is 0.236. The van der Waals surface area contributed by atoms with Crippen LogP contribution in [-0.2, 0) is 7.05 Å². The van der Waals surface area contributed by atoms with Gasteiger partial charge in [-0.3, -0.25) is 10.5 Å². The fourth-order valence-electron chi connectivity index (χ4n) is 1.56. The van der Waals surface area contributed by atoms with Crippen LogP contribution in [-0.4, -0.2) is 26.9 Å². The maximum Gasteiger partial charge on any atom is 0.216 e. The Morgan fingerprint density at radius 2 is 2.29 bits per heavy atom. The van der Waals surface area contributed by atoms with Gasteiger partial charge in [-0.2, -0.15) is 5.10 Å². The number of hydrogen-bond donors (Lipinski definition) is 2. The molecule has 2 rings (SSSR count). The van der Waals surface area contributed by atoms with Gasteiger partial charge in [0.25, 0.3) is 0 Å². The van der Waals surface area contributed by atoms with Crippen molar-refractivity contribution >= 4 is 0 Å². The van der Waals surface area contributed by atoms with Crippen LogP contribution < -0.4 is 16.0 Å². The summed E-state index contributed by atoms with van der Waals surface area (Å²) in [4.78, 5) is 8.12.